The van der Waals surface area contributed by atoms with Crippen LogP contribution in [0.5, 0.6) is 0 Å². The predicted molar refractivity (Wildman–Crippen MR) is 96.3 cm³/mol. The van der Waals surface area contributed by atoms with Gasteiger partial charge >= 0.3 is 11.9 Å². The maximum Gasteiger partial charge on any atom is 0.328 e. The molecule has 1 amide bonds. The zero-order valence-electron chi connectivity index (χ0n) is 13.5. The Labute approximate surface area is 154 Å². The lowest BCUT2D eigenvalue weighted by Crippen LogP contribution is -2.49. The van der Waals surface area contributed by atoms with E-state index in [2.05, 4.69) is 21.2 Å². The molecule has 0 spiro atoms. The Hall–Kier alpha value is -2.19. The number of amides is 1. The number of carboxylic acids is 2. The van der Waals surface area contributed by atoms with Gasteiger partial charge in [0.15, 0.2) is 0 Å². The van der Waals surface area contributed by atoms with Crippen LogP contribution in [0.25, 0.3) is 0 Å². The van der Waals surface area contributed by atoms with E-state index in [0.717, 1.165) is 23.7 Å². The molecule has 0 heterocycles. The number of aliphatic carboxylic acids is 2. The van der Waals surface area contributed by atoms with Crippen molar-refractivity contribution in [1.82, 2.24) is 5.32 Å². The molecule has 1 aliphatic carbocycles. The number of halogens is 1. The number of nitrogens with one attached hydrogen (secondary N) is 1. The first-order valence-corrected chi connectivity index (χ1v) is 8.55. The molecule has 0 saturated heterocycles. The lowest BCUT2D eigenvalue weighted by atomic mass is 9.91. The molecule has 1 aliphatic rings. The summed E-state index contributed by atoms with van der Waals surface area (Å²) in [5.41, 5.74) is 6.69. The first-order chi connectivity index (χ1) is 11.8. The van der Waals surface area contributed by atoms with Crippen molar-refractivity contribution in [2.24, 2.45) is 5.73 Å². The van der Waals surface area contributed by atoms with Gasteiger partial charge in [0.1, 0.15) is 0 Å². The fourth-order valence-corrected chi connectivity index (χ4v) is 2.60. The van der Waals surface area contributed by atoms with Gasteiger partial charge in [0.05, 0.1) is 0 Å². The number of carboxylic acid groups (broad SMARTS) is 2. The quantitative estimate of drug-likeness (QED) is 0.560. The summed E-state index contributed by atoms with van der Waals surface area (Å²) < 4.78 is 0.975. The van der Waals surface area contributed by atoms with Crippen molar-refractivity contribution >= 4 is 33.8 Å². The number of carbonyl (C=O) groups excluding carboxylic acids is 1. The Morgan fingerprint density at radius 1 is 1.04 bits per heavy atom. The molecule has 5 N–H and O–H groups in total. The summed E-state index contributed by atoms with van der Waals surface area (Å²) in [4.78, 5) is 31.1. The summed E-state index contributed by atoms with van der Waals surface area (Å²) in [6.45, 7) is 0. The lowest BCUT2D eigenvalue weighted by Gasteiger charge is -2.29. The monoisotopic (exact) mass is 412 g/mol. The van der Waals surface area contributed by atoms with Gasteiger partial charge in [0.25, 0.3) is 5.91 Å². The smallest absolute Gasteiger partial charge is 0.328 e. The Morgan fingerprint density at radius 3 is 2.04 bits per heavy atom. The minimum absolute atomic E-state index is 0.0279. The first-order valence-electron chi connectivity index (χ1n) is 7.75. The second-order valence-electron chi connectivity index (χ2n) is 5.54. The molecule has 2 rings (SSSR count). The average molecular weight is 413 g/mol. The third kappa shape index (κ3) is 8.46. The molecule has 0 radical (unpaired) electrons. The van der Waals surface area contributed by atoms with Gasteiger partial charge in [0, 0.05) is 34.3 Å². The Bertz CT molecular complexity index is 614. The molecule has 2 atom stereocenters. The average Bonchev–Trinajstić information content (AvgIpc) is 2.56. The van der Waals surface area contributed by atoms with Crippen molar-refractivity contribution in [1.29, 1.82) is 0 Å². The van der Waals surface area contributed by atoms with Crippen molar-refractivity contribution in [3.8, 4) is 0 Å². The molecule has 0 aliphatic heterocycles. The summed E-state index contributed by atoms with van der Waals surface area (Å²) in [6, 6.07) is 7.59. The highest BCUT2D eigenvalue weighted by atomic mass is 79.9. The highest BCUT2D eigenvalue weighted by Crippen LogP contribution is 2.17. The lowest BCUT2D eigenvalue weighted by molar-refractivity contribution is -0.134. The van der Waals surface area contributed by atoms with Gasteiger partial charge in [0.2, 0.25) is 0 Å². The van der Waals surface area contributed by atoms with Gasteiger partial charge < -0.3 is 21.3 Å². The van der Waals surface area contributed by atoms with E-state index in [1.54, 1.807) is 0 Å². The van der Waals surface area contributed by atoms with Gasteiger partial charge in [-0.25, -0.2) is 9.59 Å². The number of benzene rings is 1. The summed E-state index contributed by atoms with van der Waals surface area (Å²) in [5.74, 6) is -2.54. The molecule has 136 valence electrons. The molecule has 1 fully saturated rings. The molecule has 2 unspecified atom stereocenters. The van der Waals surface area contributed by atoms with E-state index >= 15 is 0 Å². The summed E-state index contributed by atoms with van der Waals surface area (Å²) >= 11 is 3.35. The van der Waals surface area contributed by atoms with Gasteiger partial charge in [-0.15, -0.1) is 0 Å². The molecular weight excluding hydrogens is 392 g/mol. The largest absolute Gasteiger partial charge is 0.478 e. The molecule has 1 aromatic rings. The van der Waals surface area contributed by atoms with Crippen LogP contribution in [-0.2, 0) is 9.59 Å². The molecule has 1 saturated carbocycles. The maximum atomic E-state index is 12.0. The number of nitrogens with two attached hydrogens (primary N) is 1. The van der Waals surface area contributed by atoms with E-state index in [0.29, 0.717) is 17.7 Å². The minimum Gasteiger partial charge on any atom is -0.478 e. The van der Waals surface area contributed by atoms with E-state index in [9.17, 15) is 14.4 Å². The number of carbonyl (C=O) groups is 3. The molecule has 0 bridgehead atoms. The summed E-state index contributed by atoms with van der Waals surface area (Å²) in [6.07, 6.45) is 5.43. The standard InChI is InChI=1S/C13H17BrN2O.C4H4O4/c14-10-7-5-9(6-8-10)13(17)16-12-4-2-1-3-11(12)15;5-3(6)1-2-4(7)8/h5-8,11-12H,1-4,15H2,(H,16,17);1-2H,(H,5,6)(H,7,8). The highest BCUT2D eigenvalue weighted by molar-refractivity contribution is 9.10. The SMILES string of the molecule is NC1CCCCC1NC(=O)c1ccc(Br)cc1.O=C(O)C=CC(=O)O. The second kappa shape index (κ2) is 10.6. The maximum absolute atomic E-state index is 12.0. The van der Waals surface area contributed by atoms with E-state index in [1.165, 1.54) is 6.42 Å². The molecule has 1 aromatic carbocycles. The van der Waals surface area contributed by atoms with Crippen molar-refractivity contribution in [3.05, 3.63) is 46.5 Å². The van der Waals surface area contributed by atoms with Crippen molar-refractivity contribution in [3.63, 3.8) is 0 Å². The summed E-state index contributed by atoms with van der Waals surface area (Å²) in [5, 5.41) is 18.6. The molecule has 25 heavy (non-hydrogen) atoms. The zero-order valence-corrected chi connectivity index (χ0v) is 15.1. The van der Waals surface area contributed by atoms with Crippen molar-refractivity contribution in [2.45, 2.75) is 37.8 Å². The number of hydrogen-bond acceptors (Lipinski definition) is 4. The van der Waals surface area contributed by atoms with Crippen LogP contribution < -0.4 is 11.1 Å². The van der Waals surface area contributed by atoms with Gasteiger partial charge in [-0.2, -0.15) is 0 Å². The molecule has 8 heteroatoms. The van der Waals surface area contributed by atoms with Gasteiger partial charge in [-0.3, -0.25) is 4.79 Å². The van der Waals surface area contributed by atoms with Crippen molar-refractivity contribution in [2.75, 3.05) is 0 Å². The third-order valence-electron chi connectivity index (χ3n) is 3.61. The van der Waals surface area contributed by atoms with Crippen molar-refractivity contribution < 1.29 is 24.6 Å². The number of hydrogen-bond donors (Lipinski definition) is 4. The van der Waals surface area contributed by atoms with E-state index in [4.69, 9.17) is 15.9 Å². The summed E-state index contributed by atoms with van der Waals surface area (Å²) in [7, 11) is 0. The minimum atomic E-state index is -1.26. The topological polar surface area (TPSA) is 130 Å². The van der Waals surface area contributed by atoms with E-state index in [-0.39, 0.29) is 18.0 Å². The Kier molecular flexibility index (Phi) is 8.87. The fraction of sp³-hybridized carbons (Fsp3) is 0.353. The normalized spacial score (nSPS) is 19.6. The van der Waals surface area contributed by atoms with Crippen LogP contribution in [0.3, 0.4) is 0 Å². The van der Waals surface area contributed by atoms with Crippen LogP contribution in [0.1, 0.15) is 36.0 Å². The second-order valence-corrected chi connectivity index (χ2v) is 6.46. The van der Waals surface area contributed by atoms with Crippen LogP contribution >= 0.6 is 15.9 Å². The van der Waals surface area contributed by atoms with Gasteiger partial charge in [-0.05, 0) is 37.1 Å². The number of rotatable bonds is 4. The van der Waals surface area contributed by atoms with Crippen LogP contribution in [0.2, 0.25) is 0 Å². The first kappa shape index (κ1) is 20.9. The Balaban J connectivity index is 0.000000333. The zero-order chi connectivity index (χ0) is 18.8. The van der Waals surface area contributed by atoms with Crippen LogP contribution in [0, 0.1) is 0 Å². The van der Waals surface area contributed by atoms with E-state index < -0.39 is 11.9 Å². The van der Waals surface area contributed by atoms with E-state index in [1.807, 2.05) is 24.3 Å². The van der Waals surface area contributed by atoms with Crippen LogP contribution in [0.15, 0.2) is 40.9 Å². The predicted octanol–water partition coefficient (Wildman–Crippen LogP) is 2.16. The van der Waals surface area contributed by atoms with Crippen LogP contribution in [-0.4, -0.2) is 40.1 Å². The third-order valence-corrected chi connectivity index (χ3v) is 4.14. The Morgan fingerprint density at radius 2 is 1.56 bits per heavy atom. The highest BCUT2D eigenvalue weighted by Gasteiger charge is 2.23. The van der Waals surface area contributed by atoms with Crippen LogP contribution in [0.4, 0.5) is 0 Å². The fourth-order valence-electron chi connectivity index (χ4n) is 2.33. The molecule has 7 nitrogen and oxygen atoms in total. The molecule has 0 aromatic heterocycles. The molecular formula is C17H21BrN2O5. The van der Waals surface area contributed by atoms with Gasteiger partial charge in [-0.1, -0.05) is 28.8 Å².